The third-order valence-electron chi connectivity index (χ3n) is 5.35. The van der Waals surface area contributed by atoms with Gasteiger partial charge in [0.15, 0.2) is 5.96 Å². The third-order valence-corrected chi connectivity index (χ3v) is 5.35. The second-order valence-electron chi connectivity index (χ2n) is 7.14. The molecule has 1 saturated carbocycles. The van der Waals surface area contributed by atoms with Crippen LogP contribution in [0.4, 0.5) is 4.39 Å². The van der Waals surface area contributed by atoms with Crippen molar-refractivity contribution < 1.29 is 4.39 Å². The summed E-state index contributed by atoms with van der Waals surface area (Å²) >= 11 is 0. The van der Waals surface area contributed by atoms with Gasteiger partial charge in [0, 0.05) is 24.5 Å². The second-order valence-corrected chi connectivity index (χ2v) is 7.14. The number of benzene rings is 1. The molecule has 6 heteroatoms. The molecular weight excluding hydrogens is 430 g/mol. The van der Waals surface area contributed by atoms with Crippen molar-refractivity contribution in [2.24, 2.45) is 4.99 Å². The third kappa shape index (κ3) is 5.29. The summed E-state index contributed by atoms with van der Waals surface area (Å²) in [5.74, 6) is 0.720. The molecule has 1 aliphatic heterocycles. The van der Waals surface area contributed by atoms with Crippen LogP contribution in [0, 0.1) is 5.82 Å². The zero-order valence-corrected chi connectivity index (χ0v) is 17.6. The van der Waals surface area contributed by atoms with Crippen LogP contribution in [0.5, 0.6) is 0 Å². The lowest BCUT2D eigenvalue weighted by atomic mass is 9.96. The molecule has 1 aromatic carbocycles. The molecule has 2 aliphatic rings. The maximum atomic E-state index is 13.5. The molecule has 0 bridgehead atoms. The molecule has 1 unspecified atom stereocenters. The number of halogens is 2. The quantitative estimate of drug-likeness (QED) is 0.390. The highest BCUT2D eigenvalue weighted by Crippen LogP contribution is 2.48. The van der Waals surface area contributed by atoms with Gasteiger partial charge < -0.3 is 15.5 Å². The van der Waals surface area contributed by atoms with Crippen molar-refractivity contribution >= 4 is 29.9 Å². The Morgan fingerprint density at radius 2 is 2.16 bits per heavy atom. The fourth-order valence-corrected chi connectivity index (χ4v) is 3.53. The van der Waals surface area contributed by atoms with Crippen LogP contribution < -0.4 is 10.6 Å². The summed E-state index contributed by atoms with van der Waals surface area (Å²) in [7, 11) is 2.19. The normalized spacial score (nSPS) is 22.4. The molecular formula is C19H30FIN4. The first-order valence-electron chi connectivity index (χ1n) is 9.11. The Morgan fingerprint density at radius 3 is 2.76 bits per heavy atom. The number of guanidine groups is 1. The Bertz CT molecular complexity index is 589. The van der Waals surface area contributed by atoms with Gasteiger partial charge in [0.1, 0.15) is 5.82 Å². The molecule has 140 valence electrons. The van der Waals surface area contributed by atoms with Crippen molar-refractivity contribution in [2.75, 3.05) is 33.2 Å². The van der Waals surface area contributed by atoms with Gasteiger partial charge in [-0.1, -0.05) is 12.1 Å². The second kappa shape index (κ2) is 9.16. The van der Waals surface area contributed by atoms with E-state index in [1.54, 1.807) is 12.1 Å². The molecule has 0 radical (unpaired) electrons. The first-order valence-corrected chi connectivity index (χ1v) is 9.11. The average Bonchev–Trinajstić information content (AvgIpc) is 3.26. The monoisotopic (exact) mass is 460 g/mol. The Balaban J connectivity index is 0.00000225. The summed E-state index contributed by atoms with van der Waals surface area (Å²) in [5.41, 5.74) is 1.12. The van der Waals surface area contributed by atoms with Gasteiger partial charge in [-0.05, 0) is 63.9 Å². The number of rotatable bonds is 6. The zero-order valence-electron chi connectivity index (χ0n) is 15.2. The highest BCUT2D eigenvalue weighted by Gasteiger charge is 2.44. The molecule has 3 rings (SSSR count). The number of likely N-dealkylation sites (tertiary alicyclic amines) is 1. The summed E-state index contributed by atoms with van der Waals surface area (Å²) < 4.78 is 13.5. The largest absolute Gasteiger partial charge is 0.357 e. The molecule has 1 aliphatic carbocycles. The fourth-order valence-electron chi connectivity index (χ4n) is 3.53. The number of hydrogen-bond acceptors (Lipinski definition) is 2. The summed E-state index contributed by atoms with van der Waals surface area (Å²) in [5, 5.41) is 6.81. The number of nitrogens with one attached hydrogen (secondary N) is 2. The molecule has 4 nitrogen and oxygen atoms in total. The van der Waals surface area contributed by atoms with Crippen LogP contribution in [0.15, 0.2) is 29.3 Å². The van der Waals surface area contributed by atoms with Crippen molar-refractivity contribution in [2.45, 2.75) is 44.1 Å². The predicted octanol–water partition coefficient (Wildman–Crippen LogP) is 3.12. The summed E-state index contributed by atoms with van der Waals surface area (Å²) in [6.07, 6.45) is 4.70. The molecule has 25 heavy (non-hydrogen) atoms. The van der Waals surface area contributed by atoms with Gasteiger partial charge >= 0.3 is 0 Å². The van der Waals surface area contributed by atoms with Crippen LogP contribution in [0.1, 0.15) is 38.2 Å². The molecule has 1 saturated heterocycles. The predicted molar refractivity (Wildman–Crippen MR) is 112 cm³/mol. The van der Waals surface area contributed by atoms with Gasteiger partial charge in [-0.3, -0.25) is 4.99 Å². The van der Waals surface area contributed by atoms with Gasteiger partial charge in [-0.2, -0.15) is 0 Å². The first-order chi connectivity index (χ1) is 11.6. The first kappa shape index (κ1) is 20.4. The van der Waals surface area contributed by atoms with Gasteiger partial charge in [0.05, 0.1) is 6.54 Å². The molecule has 0 aromatic heterocycles. The minimum atomic E-state index is -0.156. The Labute approximate surface area is 167 Å². The lowest BCUT2D eigenvalue weighted by Gasteiger charge is -2.22. The van der Waals surface area contributed by atoms with Crippen molar-refractivity contribution in [3.63, 3.8) is 0 Å². The average molecular weight is 460 g/mol. The molecule has 0 amide bonds. The van der Waals surface area contributed by atoms with E-state index in [0.717, 1.165) is 37.5 Å². The fraction of sp³-hybridized carbons (Fsp3) is 0.632. The van der Waals surface area contributed by atoms with Crippen molar-refractivity contribution in [1.82, 2.24) is 15.5 Å². The van der Waals surface area contributed by atoms with Crippen LogP contribution in [-0.2, 0) is 5.41 Å². The minimum Gasteiger partial charge on any atom is -0.357 e. The van der Waals surface area contributed by atoms with E-state index in [1.807, 2.05) is 6.07 Å². The molecule has 0 spiro atoms. The topological polar surface area (TPSA) is 39.7 Å². The maximum absolute atomic E-state index is 13.5. The number of nitrogens with zero attached hydrogens (tertiary/aromatic N) is 2. The maximum Gasteiger partial charge on any atom is 0.191 e. The standard InChI is InChI=1S/C19H29FN4.HI/c1-3-21-18(22-13-17-8-5-11-24(17)2)23-14-19(9-10-19)15-6-4-7-16(20)12-15;/h4,6-7,12,17H,3,5,8-11,13-14H2,1-2H3,(H2,21,22,23);1H. The van der Waals surface area contributed by atoms with E-state index >= 15 is 0 Å². The number of likely N-dealkylation sites (N-methyl/N-ethyl adjacent to an activating group) is 1. The molecule has 1 atom stereocenters. The van der Waals surface area contributed by atoms with E-state index < -0.39 is 0 Å². The van der Waals surface area contributed by atoms with Gasteiger partial charge in [-0.25, -0.2) is 4.39 Å². The van der Waals surface area contributed by atoms with E-state index in [0.29, 0.717) is 12.6 Å². The van der Waals surface area contributed by atoms with E-state index in [9.17, 15) is 4.39 Å². The number of aliphatic imine (C=N–C) groups is 1. The smallest absolute Gasteiger partial charge is 0.191 e. The van der Waals surface area contributed by atoms with Crippen LogP contribution in [0.2, 0.25) is 0 Å². The molecule has 2 N–H and O–H groups in total. The highest BCUT2D eigenvalue weighted by molar-refractivity contribution is 14.0. The van der Waals surface area contributed by atoms with Crippen molar-refractivity contribution in [3.05, 3.63) is 35.6 Å². The van der Waals surface area contributed by atoms with Crippen LogP contribution in [0.25, 0.3) is 0 Å². The van der Waals surface area contributed by atoms with Crippen LogP contribution >= 0.6 is 24.0 Å². The summed E-state index contributed by atoms with van der Waals surface area (Å²) in [6, 6.07) is 7.59. The van der Waals surface area contributed by atoms with E-state index in [-0.39, 0.29) is 35.2 Å². The number of hydrogen-bond donors (Lipinski definition) is 2. The molecule has 1 aromatic rings. The van der Waals surface area contributed by atoms with Crippen molar-refractivity contribution in [3.8, 4) is 0 Å². The molecule has 2 fully saturated rings. The van der Waals surface area contributed by atoms with Crippen LogP contribution in [-0.4, -0.2) is 50.1 Å². The zero-order chi connectivity index (χ0) is 17.0. The van der Waals surface area contributed by atoms with Gasteiger partial charge in [-0.15, -0.1) is 24.0 Å². The summed E-state index contributed by atoms with van der Waals surface area (Å²) in [4.78, 5) is 7.20. The highest BCUT2D eigenvalue weighted by atomic mass is 127. The van der Waals surface area contributed by atoms with Crippen LogP contribution in [0.3, 0.4) is 0 Å². The van der Waals surface area contributed by atoms with Crippen molar-refractivity contribution in [1.29, 1.82) is 0 Å². The van der Waals surface area contributed by atoms with Gasteiger partial charge in [0.2, 0.25) is 0 Å². The Hall–Kier alpha value is -0.890. The lowest BCUT2D eigenvalue weighted by molar-refractivity contribution is 0.309. The molecule has 1 heterocycles. The van der Waals surface area contributed by atoms with E-state index in [2.05, 4.69) is 29.5 Å². The Morgan fingerprint density at radius 1 is 1.36 bits per heavy atom. The van der Waals surface area contributed by atoms with E-state index in [4.69, 9.17) is 4.99 Å². The lowest BCUT2D eigenvalue weighted by Crippen LogP contribution is -2.44. The van der Waals surface area contributed by atoms with E-state index in [1.165, 1.54) is 25.5 Å². The summed E-state index contributed by atoms with van der Waals surface area (Å²) in [6.45, 7) is 5.75. The SMILES string of the molecule is CCNC(=NCC1(c2cccc(F)c2)CC1)NCC1CCCN1C.I. The minimum absolute atomic E-state index is 0. The Kier molecular flexibility index (Phi) is 7.49. The van der Waals surface area contributed by atoms with Gasteiger partial charge in [0.25, 0.3) is 0 Å².